The first-order valence-electron chi connectivity index (χ1n) is 12.9. The van der Waals surface area contributed by atoms with E-state index >= 15 is 0 Å². The van der Waals surface area contributed by atoms with E-state index in [0.717, 1.165) is 54.4 Å². The largest absolute Gasteiger partial charge is 0.381 e. The summed E-state index contributed by atoms with van der Waals surface area (Å²) in [5.41, 5.74) is 1.15. The molecule has 37 heavy (non-hydrogen) atoms. The Bertz CT molecular complexity index is 1420. The summed E-state index contributed by atoms with van der Waals surface area (Å²) in [6.07, 6.45) is 6.88. The van der Waals surface area contributed by atoms with Gasteiger partial charge in [-0.1, -0.05) is 13.8 Å². The third kappa shape index (κ3) is 4.94. The van der Waals surface area contributed by atoms with Crippen LogP contribution in [0.15, 0.2) is 30.7 Å². The average molecular weight is 526 g/mol. The summed E-state index contributed by atoms with van der Waals surface area (Å²) in [5.74, 6) is 4.77. The summed E-state index contributed by atoms with van der Waals surface area (Å²) in [6.45, 7) is 9.18. The maximum Gasteiger partial charge on any atom is 0.227 e. The van der Waals surface area contributed by atoms with Crippen molar-refractivity contribution < 1.29 is 14.6 Å². The van der Waals surface area contributed by atoms with Crippen molar-refractivity contribution in [3.8, 4) is 0 Å². The number of hydrogen-bond acceptors (Lipinski definition) is 10. The van der Waals surface area contributed by atoms with Crippen LogP contribution in [-0.4, -0.2) is 79.8 Å². The van der Waals surface area contributed by atoms with Crippen LogP contribution in [0.1, 0.15) is 26.8 Å². The van der Waals surface area contributed by atoms with Crippen LogP contribution < -0.4 is 15.1 Å². The van der Waals surface area contributed by atoms with Crippen LogP contribution in [0.4, 0.5) is 23.4 Å². The molecule has 0 radical (unpaired) electrons. The standard InChI is InChI=1S/C26H33N7O3S.H2/c1-16(2)21-7-29-25(32-9-17(10-32)15-37(3,34)35)22-8-28-24(6-20(21)22)30-23-4-5-27-26(31-23)33-11-18-13-36-14-19(18)12-33;/h4-8,16-19H,9-15H2,1-3H3,(H,27,28,30,31);1H/t18-,19+;. The molecule has 3 aliphatic rings. The van der Waals surface area contributed by atoms with Gasteiger partial charge in [-0.25, -0.2) is 23.4 Å². The van der Waals surface area contributed by atoms with Crippen molar-refractivity contribution in [2.75, 3.05) is 66.5 Å². The van der Waals surface area contributed by atoms with Gasteiger partial charge in [0.15, 0.2) is 0 Å². The topological polar surface area (TPSA) is 113 Å². The number of fused-ring (bicyclic) bond motifs is 2. The van der Waals surface area contributed by atoms with Gasteiger partial charge in [0.05, 0.1) is 19.0 Å². The third-order valence-corrected chi connectivity index (χ3v) is 8.70. The van der Waals surface area contributed by atoms with Crippen LogP contribution in [0.5, 0.6) is 0 Å². The molecule has 3 aliphatic heterocycles. The Kier molecular flexibility index (Phi) is 6.15. The average Bonchev–Trinajstić information content (AvgIpc) is 3.43. The van der Waals surface area contributed by atoms with E-state index in [4.69, 9.17) is 19.7 Å². The van der Waals surface area contributed by atoms with Crippen LogP contribution >= 0.6 is 0 Å². The highest BCUT2D eigenvalue weighted by Gasteiger charge is 2.38. The lowest BCUT2D eigenvalue weighted by Gasteiger charge is -2.40. The number of hydrogen-bond donors (Lipinski definition) is 1. The maximum absolute atomic E-state index is 11.7. The van der Waals surface area contributed by atoms with E-state index in [0.29, 0.717) is 36.6 Å². The fourth-order valence-corrected chi connectivity index (χ4v) is 6.82. The number of pyridine rings is 2. The summed E-state index contributed by atoms with van der Waals surface area (Å²) < 4.78 is 28.9. The van der Waals surface area contributed by atoms with E-state index in [9.17, 15) is 8.42 Å². The lowest BCUT2D eigenvalue weighted by molar-refractivity contribution is 0.177. The van der Waals surface area contributed by atoms with Crippen molar-refractivity contribution in [2.45, 2.75) is 19.8 Å². The van der Waals surface area contributed by atoms with Gasteiger partial charge in [0, 0.05) is 75.6 Å². The van der Waals surface area contributed by atoms with Gasteiger partial charge >= 0.3 is 0 Å². The second kappa shape index (κ2) is 9.36. The van der Waals surface area contributed by atoms with Crippen molar-refractivity contribution in [1.82, 2.24) is 19.9 Å². The summed E-state index contributed by atoms with van der Waals surface area (Å²) in [7, 11) is -2.99. The molecule has 3 fully saturated rings. The summed E-state index contributed by atoms with van der Waals surface area (Å²) in [4.78, 5) is 23.1. The first kappa shape index (κ1) is 24.3. The molecule has 11 heteroatoms. The van der Waals surface area contributed by atoms with Gasteiger partial charge in [0.1, 0.15) is 27.3 Å². The molecule has 6 heterocycles. The van der Waals surface area contributed by atoms with E-state index in [1.807, 2.05) is 18.5 Å². The molecule has 0 aliphatic carbocycles. The van der Waals surface area contributed by atoms with Crippen molar-refractivity contribution in [3.63, 3.8) is 0 Å². The molecule has 3 aromatic rings. The highest BCUT2D eigenvalue weighted by Crippen LogP contribution is 2.36. The molecule has 6 rings (SSSR count). The molecular formula is C26H35N7O3S. The number of rotatable bonds is 7. The van der Waals surface area contributed by atoms with E-state index in [-0.39, 0.29) is 19.0 Å². The van der Waals surface area contributed by atoms with Crippen molar-refractivity contribution in [2.24, 2.45) is 17.8 Å². The van der Waals surface area contributed by atoms with Gasteiger partial charge in [-0.05, 0) is 29.0 Å². The molecule has 3 saturated heterocycles. The van der Waals surface area contributed by atoms with Crippen LogP contribution in [0.25, 0.3) is 10.8 Å². The van der Waals surface area contributed by atoms with Gasteiger partial charge in [0.2, 0.25) is 5.95 Å². The number of sulfone groups is 1. The molecule has 0 amide bonds. The zero-order chi connectivity index (χ0) is 25.7. The van der Waals surface area contributed by atoms with Gasteiger partial charge in [-0.3, -0.25) is 0 Å². The van der Waals surface area contributed by atoms with E-state index in [1.54, 1.807) is 6.20 Å². The summed E-state index contributed by atoms with van der Waals surface area (Å²) in [6, 6.07) is 3.92. The highest BCUT2D eigenvalue weighted by atomic mass is 32.2. The predicted molar refractivity (Wildman–Crippen MR) is 146 cm³/mol. The smallest absolute Gasteiger partial charge is 0.227 e. The molecule has 3 aromatic heterocycles. The van der Waals surface area contributed by atoms with Gasteiger partial charge in [-0.15, -0.1) is 0 Å². The molecule has 198 valence electrons. The Morgan fingerprint density at radius 3 is 2.49 bits per heavy atom. The molecule has 0 aromatic carbocycles. The number of anilines is 4. The van der Waals surface area contributed by atoms with Crippen LogP contribution in [0.3, 0.4) is 0 Å². The Morgan fingerprint density at radius 1 is 1.03 bits per heavy atom. The van der Waals surface area contributed by atoms with E-state index in [2.05, 4.69) is 40.0 Å². The van der Waals surface area contributed by atoms with E-state index in [1.165, 1.54) is 6.26 Å². The fraction of sp³-hybridized carbons (Fsp3) is 0.538. The first-order valence-corrected chi connectivity index (χ1v) is 14.9. The lowest BCUT2D eigenvalue weighted by Crippen LogP contribution is -2.50. The van der Waals surface area contributed by atoms with Crippen molar-refractivity contribution in [1.29, 1.82) is 0 Å². The second-order valence-corrected chi connectivity index (χ2v) is 13.2. The zero-order valence-electron chi connectivity index (χ0n) is 21.5. The first-order chi connectivity index (χ1) is 17.7. The monoisotopic (exact) mass is 525 g/mol. The quantitative estimate of drug-likeness (QED) is 0.494. The Labute approximate surface area is 218 Å². The maximum atomic E-state index is 11.7. The van der Waals surface area contributed by atoms with Crippen LogP contribution in [-0.2, 0) is 14.6 Å². The summed E-state index contributed by atoms with van der Waals surface area (Å²) >= 11 is 0. The Balaban J connectivity index is 0.00000294. The molecule has 0 saturated carbocycles. The number of ether oxygens (including phenoxy) is 1. The fourth-order valence-electron chi connectivity index (χ4n) is 5.75. The normalized spacial score (nSPS) is 22.1. The number of nitrogens with zero attached hydrogens (tertiary/aromatic N) is 6. The molecule has 1 N–H and O–H groups in total. The third-order valence-electron chi connectivity index (χ3n) is 7.62. The van der Waals surface area contributed by atoms with Gasteiger partial charge < -0.3 is 19.9 Å². The van der Waals surface area contributed by atoms with Gasteiger partial charge in [-0.2, -0.15) is 4.98 Å². The highest BCUT2D eigenvalue weighted by molar-refractivity contribution is 7.90. The second-order valence-electron chi connectivity index (χ2n) is 11.0. The molecule has 10 nitrogen and oxygen atoms in total. The van der Waals surface area contributed by atoms with E-state index < -0.39 is 9.84 Å². The number of nitrogens with one attached hydrogen (secondary N) is 1. The predicted octanol–water partition coefficient (Wildman–Crippen LogP) is 3.10. The minimum absolute atomic E-state index is 0. The minimum Gasteiger partial charge on any atom is -0.381 e. The van der Waals surface area contributed by atoms with Crippen molar-refractivity contribution in [3.05, 3.63) is 36.3 Å². The molecule has 0 spiro atoms. The van der Waals surface area contributed by atoms with Crippen LogP contribution in [0, 0.1) is 17.8 Å². The zero-order valence-corrected chi connectivity index (χ0v) is 22.3. The Morgan fingerprint density at radius 2 is 1.78 bits per heavy atom. The SMILES string of the molecule is CC(C)c1cnc(N2CC(CS(C)(=O)=O)C2)c2cnc(Nc3ccnc(N4C[C@H]5COC[C@H]5C4)n3)cc12.[HH]. The molecular weight excluding hydrogens is 490 g/mol. The van der Waals surface area contributed by atoms with Gasteiger partial charge in [0.25, 0.3) is 0 Å². The number of aromatic nitrogens is 4. The van der Waals surface area contributed by atoms with Crippen molar-refractivity contribution >= 4 is 44.0 Å². The summed E-state index contributed by atoms with van der Waals surface area (Å²) in [5, 5.41) is 5.44. The lowest BCUT2D eigenvalue weighted by atomic mass is 9.97. The molecule has 2 atom stereocenters. The minimum atomic E-state index is -2.99. The molecule has 0 bridgehead atoms. The molecule has 0 unspecified atom stereocenters. The Hall–Kier alpha value is -3.05. The van der Waals surface area contributed by atoms with Crippen LogP contribution in [0.2, 0.25) is 0 Å².